The summed E-state index contributed by atoms with van der Waals surface area (Å²) in [6.45, 7) is 9.87. The molecule has 0 fully saturated rings. The minimum atomic E-state index is -0.837. The lowest BCUT2D eigenvalue weighted by molar-refractivity contribution is -0.137. The van der Waals surface area contributed by atoms with Crippen molar-refractivity contribution in [3.8, 4) is 0 Å². The number of carbonyl (C=O) groups excluding carboxylic acids is 1. The minimum absolute atomic E-state index is 0.0548. The van der Waals surface area contributed by atoms with E-state index in [2.05, 4.69) is 0 Å². The van der Waals surface area contributed by atoms with Crippen LogP contribution in [0.3, 0.4) is 0 Å². The lowest BCUT2D eigenvalue weighted by Gasteiger charge is -2.15. The van der Waals surface area contributed by atoms with E-state index in [-0.39, 0.29) is 18.4 Å². The number of carboxylic acid groups (broad SMARTS) is 1. The summed E-state index contributed by atoms with van der Waals surface area (Å²) in [4.78, 5) is 22.9. The Bertz CT molecular complexity index is 514. The molecule has 5 nitrogen and oxygen atoms in total. The molecule has 0 amide bonds. The van der Waals surface area contributed by atoms with Crippen molar-refractivity contribution < 1.29 is 19.4 Å². The predicted octanol–water partition coefficient (Wildman–Crippen LogP) is 2.88. The van der Waals surface area contributed by atoms with Crippen LogP contribution in [0.4, 0.5) is 0 Å². The molecule has 0 saturated heterocycles. The third-order valence-electron chi connectivity index (χ3n) is 3.39. The number of ether oxygens (including phenoxy) is 1. The number of esters is 1. The van der Waals surface area contributed by atoms with Gasteiger partial charge in [-0.3, -0.25) is 4.79 Å². The Labute approximate surface area is 119 Å². The maximum atomic E-state index is 12.1. The molecule has 0 aliphatic heterocycles. The number of carbonyl (C=O) groups is 2. The Balaban J connectivity index is 3.31. The molecule has 1 aromatic rings. The smallest absolute Gasteiger partial charge is 0.340 e. The van der Waals surface area contributed by atoms with Gasteiger partial charge in [0.15, 0.2) is 0 Å². The normalized spacial score (nSPS) is 10.9. The van der Waals surface area contributed by atoms with E-state index >= 15 is 0 Å². The van der Waals surface area contributed by atoms with Gasteiger partial charge in [-0.15, -0.1) is 0 Å². The van der Waals surface area contributed by atoms with Crippen LogP contribution in [-0.2, 0) is 16.0 Å². The molecule has 1 rings (SSSR count). The van der Waals surface area contributed by atoms with E-state index in [1.54, 1.807) is 6.92 Å². The highest BCUT2D eigenvalue weighted by Crippen LogP contribution is 2.27. The van der Waals surface area contributed by atoms with Crippen molar-refractivity contribution in [3.63, 3.8) is 0 Å². The molecule has 0 aromatic carbocycles. The maximum absolute atomic E-state index is 12.1. The molecular weight excluding hydrogens is 258 g/mol. The van der Waals surface area contributed by atoms with Crippen molar-refractivity contribution in [1.82, 2.24) is 4.57 Å². The summed E-state index contributed by atoms with van der Waals surface area (Å²) in [6.07, 6.45) is 0.471. The van der Waals surface area contributed by atoms with Crippen LogP contribution < -0.4 is 0 Å². The van der Waals surface area contributed by atoms with Crippen LogP contribution in [0.1, 0.15) is 60.5 Å². The summed E-state index contributed by atoms with van der Waals surface area (Å²) >= 11 is 0. The average molecular weight is 281 g/mol. The highest BCUT2D eigenvalue weighted by atomic mass is 16.5. The molecule has 1 heterocycles. The van der Waals surface area contributed by atoms with Crippen LogP contribution in [0.2, 0.25) is 0 Å². The molecule has 0 unspecified atom stereocenters. The van der Waals surface area contributed by atoms with Crippen LogP contribution in [0, 0.1) is 13.8 Å². The molecule has 0 radical (unpaired) electrons. The highest BCUT2D eigenvalue weighted by molar-refractivity contribution is 5.93. The molecule has 0 aliphatic rings. The zero-order valence-electron chi connectivity index (χ0n) is 12.8. The first kappa shape index (κ1) is 16.3. The lowest BCUT2D eigenvalue weighted by atomic mass is 10.1. The third kappa shape index (κ3) is 3.21. The van der Waals surface area contributed by atoms with Crippen molar-refractivity contribution in [2.24, 2.45) is 0 Å². The van der Waals surface area contributed by atoms with Gasteiger partial charge in [0.2, 0.25) is 0 Å². The monoisotopic (exact) mass is 281 g/mol. The Morgan fingerprint density at radius 3 is 2.35 bits per heavy atom. The number of aliphatic carboxylic acids is 1. The summed E-state index contributed by atoms with van der Waals surface area (Å²) in [5, 5.41) is 8.86. The molecule has 112 valence electrons. The standard InChI is InChI=1S/C15H23NO4/c1-6-20-15(19)14-10(4)12(7-8-13(17)18)16(9(2)3)11(14)5/h9H,6-8H2,1-5H3,(H,17,18). The van der Waals surface area contributed by atoms with Gasteiger partial charge in [0, 0.05) is 17.4 Å². The van der Waals surface area contributed by atoms with Crippen LogP contribution in [0.15, 0.2) is 0 Å². The number of nitrogens with zero attached hydrogens (tertiary/aromatic N) is 1. The van der Waals surface area contributed by atoms with Crippen molar-refractivity contribution in [2.75, 3.05) is 6.61 Å². The topological polar surface area (TPSA) is 68.5 Å². The van der Waals surface area contributed by atoms with Gasteiger partial charge in [0.1, 0.15) is 0 Å². The number of carboxylic acids is 1. The fourth-order valence-electron chi connectivity index (χ4n) is 2.66. The van der Waals surface area contributed by atoms with Gasteiger partial charge in [-0.05, 0) is 46.6 Å². The molecule has 1 aromatic heterocycles. The first-order chi connectivity index (χ1) is 9.31. The van der Waals surface area contributed by atoms with Crippen molar-refractivity contribution in [3.05, 3.63) is 22.5 Å². The van der Waals surface area contributed by atoms with E-state index in [1.807, 2.05) is 32.3 Å². The first-order valence-corrected chi connectivity index (χ1v) is 6.90. The van der Waals surface area contributed by atoms with E-state index in [0.29, 0.717) is 18.6 Å². The number of hydrogen-bond acceptors (Lipinski definition) is 3. The first-order valence-electron chi connectivity index (χ1n) is 6.90. The van der Waals surface area contributed by atoms with Crippen LogP contribution in [0.25, 0.3) is 0 Å². The van der Waals surface area contributed by atoms with Crippen molar-refractivity contribution in [1.29, 1.82) is 0 Å². The summed E-state index contributed by atoms with van der Waals surface area (Å²) in [5.74, 6) is -1.17. The van der Waals surface area contributed by atoms with Crippen LogP contribution in [-0.4, -0.2) is 28.2 Å². The molecule has 20 heavy (non-hydrogen) atoms. The zero-order valence-corrected chi connectivity index (χ0v) is 12.8. The largest absolute Gasteiger partial charge is 0.481 e. The summed E-state index contributed by atoms with van der Waals surface area (Å²) in [7, 11) is 0. The second-order valence-electron chi connectivity index (χ2n) is 5.11. The number of aromatic nitrogens is 1. The fraction of sp³-hybridized carbons (Fsp3) is 0.600. The average Bonchev–Trinajstić information content (AvgIpc) is 2.58. The van der Waals surface area contributed by atoms with Crippen molar-refractivity contribution >= 4 is 11.9 Å². The lowest BCUT2D eigenvalue weighted by Crippen LogP contribution is -2.10. The van der Waals surface area contributed by atoms with E-state index in [9.17, 15) is 9.59 Å². The van der Waals surface area contributed by atoms with Gasteiger partial charge in [0.25, 0.3) is 0 Å². The Hall–Kier alpha value is -1.78. The Morgan fingerprint density at radius 1 is 1.30 bits per heavy atom. The second kappa shape index (κ2) is 6.59. The van der Waals surface area contributed by atoms with E-state index < -0.39 is 5.97 Å². The molecule has 0 atom stereocenters. The minimum Gasteiger partial charge on any atom is -0.481 e. The van der Waals surface area contributed by atoms with Gasteiger partial charge in [-0.25, -0.2) is 4.79 Å². The molecular formula is C15H23NO4. The molecule has 0 saturated carbocycles. The third-order valence-corrected chi connectivity index (χ3v) is 3.39. The van der Waals surface area contributed by atoms with Crippen LogP contribution in [0.5, 0.6) is 0 Å². The van der Waals surface area contributed by atoms with E-state index in [0.717, 1.165) is 17.0 Å². The fourth-order valence-corrected chi connectivity index (χ4v) is 2.66. The SMILES string of the molecule is CCOC(=O)c1c(C)c(CCC(=O)O)n(C(C)C)c1C. The van der Waals surface area contributed by atoms with E-state index in [1.165, 1.54) is 0 Å². The summed E-state index contributed by atoms with van der Waals surface area (Å²) in [5.41, 5.74) is 3.15. The van der Waals surface area contributed by atoms with Gasteiger partial charge < -0.3 is 14.4 Å². The van der Waals surface area contributed by atoms with Gasteiger partial charge >= 0.3 is 11.9 Å². The molecule has 5 heteroatoms. The Morgan fingerprint density at radius 2 is 1.90 bits per heavy atom. The molecule has 0 aliphatic carbocycles. The molecule has 1 N–H and O–H groups in total. The van der Waals surface area contributed by atoms with Gasteiger partial charge in [-0.2, -0.15) is 0 Å². The highest BCUT2D eigenvalue weighted by Gasteiger charge is 2.24. The number of rotatable bonds is 6. The number of hydrogen-bond donors (Lipinski definition) is 1. The molecule has 0 spiro atoms. The predicted molar refractivity (Wildman–Crippen MR) is 76.2 cm³/mol. The van der Waals surface area contributed by atoms with Gasteiger partial charge in [0.05, 0.1) is 18.6 Å². The van der Waals surface area contributed by atoms with Gasteiger partial charge in [-0.1, -0.05) is 0 Å². The summed E-state index contributed by atoms with van der Waals surface area (Å²) < 4.78 is 7.13. The summed E-state index contributed by atoms with van der Waals surface area (Å²) in [6, 6.07) is 0.167. The maximum Gasteiger partial charge on any atom is 0.340 e. The molecule has 0 bridgehead atoms. The van der Waals surface area contributed by atoms with Crippen LogP contribution >= 0.6 is 0 Å². The second-order valence-corrected chi connectivity index (χ2v) is 5.11. The van der Waals surface area contributed by atoms with Crippen molar-refractivity contribution in [2.45, 2.75) is 53.5 Å². The quantitative estimate of drug-likeness (QED) is 0.814. The Kier molecular flexibility index (Phi) is 5.36. The zero-order chi connectivity index (χ0) is 15.4. The van der Waals surface area contributed by atoms with E-state index in [4.69, 9.17) is 9.84 Å².